The van der Waals surface area contributed by atoms with E-state index in [-0.39, 0.29) is 11.9 Å². The summed E-state index contributed by atoms with van der Waals surface area (Å²) in [6.45, 7) is 11.0. The van der Waals surface area contributed by atoms with Gasteiger partial charge in [-0.1, -0.05) is 37.2 Å². The minimum absolute atomic E-state index is 0.0239. The van der Waals surface area contributed by atoms with Crippen molar-refractivity contribution in [2.45, 2.75) is 19.4 Å². The summed E-state index contributed by atoms with van der Waals surface area (Å²) in [5.74, 6) is 1.50. The highest BCUT2D eigenvalue weighted by Crippen LogP contribution is 2.40. The summed E-state index contributed by atoms with van der Waals surface area (Å²) < 4.78 is 5.77. The maximum Gasteiger partial charge on any atom is 0.247 e. The van der Waals surface area contributed by atoms with Gasteiger partial charge in [-0.3, -0.25) is 9.63 Å². The number of rotatable bonds is 9. The Morgan fingerprint density at radius 2 is 2.00 bits per heavy atom. The number of anilines is 5. The Morgan fingerprint density at radius 3 is 2.73 bits per heavy atom. The van der Waals surface area contributed by atoms with Crippen LogP contribution in [0.5, 0.6) is 5.75 Å². The topological polar surface area (TPSA) is 95.1 Å². The van der Waals surface area contributed by atoms with E-state index in [1.165, 1.54) is 12.4 Å². The van der Waals surface area contributed by atoms with Crippen molar-refractivity contribution >= 4 is 46.2 Å². The van der Waals surface area contributed by atoms with Crippen molar-refractivity contribution in [1.82, 2.24) is 14.9 Å². The average Bonchev–Trinajstić information content (AvgIpc) is 3.48. The molecular weight excluding hydrogens is 530 g/mol. The molecule has 3 heterocycles. The molecule has 0 saturated carbocycles. The third-order valence-corrected chi connectivity index (χ3v) is 7.44. The van der Waals surface area contributed by atoms with Gasteiger partial charge in [0.15, 0.2) is 5.82 Å². The maximum atomic E-state index is 12.3. The van der Waals surface area contributed by atoms with Crippen LogP contribution in [0.2, 0.25) is 5.02 Å². The number of halogens is 1. The summed E-state index contributed by atoms with van der Waals surface area (Å²) in [4.78, 5) is 31.9. The molecule has 11 heteroatoms. The highest BCUT2D eigenvalue weighted by atomic mass is 35.5. The molecule has 2 N–H and O–H groups in total. The van der Waals surface area contributed by atoms with E-state index in [9.17, 15) is 4.79 Å². The van der Waals surface area contributed by atoms with Crippen LogP contribution in [0.1, 0.15) is 24.9 Å². The summed E-state index contributed by atoms with van der Waals surface area (Å²) in [6.07, 6.45) is 3.56. The third-order valence-electron chi connectivity index (χ3n) is 7.20. The van der Waals surface area contributed by atoms with E-state index in [1.54, 1.807) is 12.2 Å². The number of amides is 1. The van der Waals surface area contributed by atoms with Crippen molar-refractivity contribution in [2.24, 2.45) is 0 Å². The van der Waals surface area contributed by atoms with Crippen LogP contribution in [0.25, 0.3) is 0 Å². The van der Waals surface area contributed by atoms with E-state index in [2.05, 4.69) is 43.9 Å². The lowest BCUT2D eigenvalue weighted by Gasteiger charge is -2.36. The van der Waals surface area contributed by atoms with E-state index in [1.807, 2.05) is 42.5 Å². The Hall–Kier alpha value is -3.86. The Labute approximate surface area is 239 Å². The molecule has 2 saturated heterocycles. The molecule has 0 aliphatic carbocycles. The largest absolute Gasteiger partial charge is 0.494 e. The van der Waals surface area contributed by atoms with Crippen molar-refractivity contribution in [3.63, 3.8) is 0 Å². The Kier molecular flexibility index (Phi) is 8.69. The zero-order valence-electron chi connectivity index (χ0n) is 22.8. The van der Waals surface area contributed by atoms with Gasteiger partial charge >= 0.3 is 0 Å². The summed E-state index contributed by atoms with van der Waals surface area (Å²) in [5, 5.41) is 8.78. The van der Waals surface area contributed by atoms with E-state index < -0.39 is 0 Å². The Balaban J connectivity index is 1.43. The predicted molar refractivity (Wildman–Crippen MR) is 159 cm³/mol. The summed E-state index contributed by atoms with van der Waals surface area (Å²) >= 11 is 6.24. The summed E-state index contributed by atoms with van der Waals surface area (Å²) in [7, 11) is 1.63. The van der Waals surface area contributed by atoms with Crippen LogP contribution in [-0.4, -0.2) is 67.2 Å². The van der Waals surface area contributed by atoms with Gasteiger partial charge in [0.25, 0.3) is 0 Å². The van der Waals surface area contributed by atoms with Crippen LogP contribution in [0.15, 0.2) is 61.4 Å². The maximum absolute atomic E-state index is 12.3. The number of hydroxylamine groups is 1. The molecule has 0 radical (unpaired) electrons. The van der Waals surface area contributed by atoms with Gasteiger partial charge in [0.2, 0.25) is 5.91 Å². The molecule has 0 spiro atoms. The van der Waals surface area contributed by atoms with Gasteiger partial charge < -0.3 is 25.2 Å². The number of aromatic nitrogens is 2. The molecule has 210 valence electrons. The smallest absolute Gasteiger partial charge is 0.247 e. The zero-order valence-corrected chi connectivity index (χ0v) is 23.5. The monoisotopic (exact) mass is 563 g/mol. The van der Waals surface area contributed by atoms with Gasteiger partial charge in [0.1, 0.15) is 17.9 Å². The van der Waals surface area contributed by atoms with Gasteiger partial charge in [0, 0.05) is 49.8 Å². The highest BCUT2D eigenvalue weighted by molar-refractivity contribution is 6.30. The molecule has 2 fully saturated rings. The van der Waals surface area contributed by atoms with Gasteiger partial charge in [-0.05, 0) is 36.4 Å². The third kappa shape index (κ3) is 6.14. The molecule has 2 aliphatic heterocycles. The van der Waals surface area contributed by atoms with Crippen molar-refractivity contribution in [3.8, 4) is 5.75 Å². The number of carbonyl (C=O) groups excluding carboxylic acids is 1. The summed E-state index contributed by atoms with van der Waals surface area (Å²) in [5.41, 5.74) is 3.26. The van der Waals surface area contributed by atoms with Crippen LogP contribution in [0.4, 0.5) is 28.7 Å². The quantitative estimate of drug-likeness (QED) is 0.347. The second-order valence-electron chi connectivity index (χ2n) is 9.59. The van der Waals surface area contributed by atoms with E-state index in [0.29, 0.717) is 40.4 Å². The van der Waals surface area contributed by atoms with Crippen LogP contribution < -0.4 is 25.3 Å². The molecule has 2 aromatic carbocycles. The lowest BCUT2D eigenvalue weighted by Crippen LogP contribution is -2.46. The van der Waals surface area contributed by atoms with E-state index in [4.69, 9.17) is 21.2 Å². The minimum Gasteiger partial charge on any atom is -0.494 e. The number of ether oxygens (including phenoxy) is 1. The van der Waals surface area contributed by atoms with Gasteiger partial charge in [0.05, 0.1) is 36.8 Å². The lowest BCUT2D eigenvalue weighted by atomic mass is 10.0. The van der Waals surface area contributed by atoms with Crippen molar-refractivity contribution in [2.75, 3.05) is 67.0 Å². The fourth-order valence-corrected chi connectivity index (χ4v) is 5.27. The molecule has 1 amide bonds. The molecule has 1 aromatic heterocycles. The lowest BCUT2D eigenvalue weighted by molar-refractivity contribution is -0.111. The molecule has 0 bridgehead atoms. The molecule has 40 heavy (non-hydrogen) atoms. The molecule has 3 aromatic rings. The standard InChI is InChI=1S/C29H34ClN7O3/c1-4-29(38)34-22-16-23(26(39-3)17-25(22)36-12-10-35(5-2)11-13-36)33-27-18-28(32-19-31-27)37-24(9-14-40-37)20-7-6-8-21(30)15-20/h4,6-8,15-19,24H,1,5,9-14H2,2-3H3,(H,34,38)(H,31,32,33). The first kappa shape index (κ1) is 27.7. The Bertz CT molecular complexity index is 1360. The first-order chi connectivity index (χ1) is 19.5. The predicted octanol–water partition coefficient (Wildman–Crippen LogP) is 5.03. The van der Waals surface area contributed by atoms with Crippen LogP contribution in [-0.2, 0) is 9.63 Å². The van der Waals surface area contributed by atoms with E-state index in [0.717, 1.165) is 50.4 Å². The SMILES string of the molecule is C=CC(=O)Nc1cc(Nc2cc(N3OCCC3c3cccc(Cl)c3)ncn2)c(OC)cc1N1CCN(CC)CC1. The number of methoxy groups -OCH3 is 1. The van der Waals surface area contributed by atoms with Crippen molar-refractivity contribution < 1.29 is 14.4 Å². The fourth-order valence-electron chi connectivity index (χ4n) is 5.07. The highest BCUT2D eigenvalue weighted by Gasteiger charge is 2.29. The number of piperazine rings is 1. The second kappa shape index (κ2) is 12.5. The van der Waals surface area contributed by atoms with Gasteiger partial charge in [-0.2, -0.15) is 0 Å². The first-order valence-corrected chi connectivity index (χ1v) is 13.8. The first-order valence-electron chi connectivity index (χ1n) is 13.4. The van der Waals surface area contributed by atoms with Crippen LogP contribution >= 0.6 is 11.6 Å². The normalized spacial score (nSPS) is 17.5. The molecular formula is C29H34ClN7O3. The molecule has 5 rings (SSSR count). The molecule has 2 aliphatic rings. The molecule has 1 unspecified atom stereocenters. The average molecular weight is 564 g/mol. The number of benzene rings is 2. The number of likely N-dealkylation sites (N-methyl/N-ethyl adjacent to an activating group) is 1. The number of hydrogen-bond donors (Lipinski definition) is 2. The number of hydrogen-bond acceptors (Lipinski definition) is 9. The number of carbonyl (C=O) groups is 1. The Morgan fingerprint density at radius 1 is 1.18 bits per heavy atom. The number of nitrogens with one attached hydrogen (secondary N) is 2. The van der Waals surface area contributed by atoms with Crippen LogP contribution in [0, 0.1) is 0 Å². The van der Waals surface area contributed by atoms with Crippen molar-refractivity contribution in [3.05, 3.63) is 72.0 Å². The second-order valence-corrected chi connectivity index (χ2v) is 10.0. The minimum atomic E-state index is -0.285. The van der Waals surface area contributed by atoms with Crippen LogP contribution in [0.3, 0.4) is 0 Å². The molecule has 1 atom stereocenters. The van der Waals surface area contributed by atoms with Gasteiger partial charge in [-0.15, -0.1) is 0 Å². The van der Waals surface area contributed by atoms with Crippen molar-refractivity contribution in [1.29, 1.82) is 0 Å². The molecule has 10 nitrogen and oxygen atoms in total. The summed E-state index contributed by atoms with van der Waals surface area (Å²) in [6, 6.07) is 13.4. The fraction of sp³-hybridized carbons (Fsp3) is 0.345. The zero-order chi connectivity index (χ0) is 28.1. The number of nitrogens with zero attached hydrogens (tertiary/aromatic N) is 5. The van der Waals surface area contributed by atoms with E-state index >= 15 is 0 Å². The van der Waals surface area contributed by atoms with Gasteiger partial charge in [-0.25, -0.2) is 15.0 Å².